The van der Waals surface area contributed by atoms with E-state index in [2.05, 4.69) is 61.6 Å². The Kier molecular flexibility index (Phi) is 7.84. The van der Waals surface area contributed by atoms with Crippen LogP contribution >= 0.6 is 23.5 Å². The van der Waals surface area contributed by atoms with Crippen LogP contribution < -0.4 is 0 Å². The van der Waals surface area contributed by atoms with Crippen molar-refractivity contribution in [1.29, 1.82) is 0 Å². The fourth-order valence-corrected chi connectivity index (χ4v) is 7.43. The van der Waals surface area contributed by atoms with Gasteiger partial charge in [-0.05, 0) is 60.8 Å². The highest BCUT2D eigenvalue weighted by Gasteiger charge is 2.28. The van der Waals surface area contributed by atoms with Crippen LogP contribution in [0.25, 0.3) is 0 Å². The SMILES string of the molecule is CC(C)(CO)CCCC1CCCC(c2ccccc2C2CCCCS2)S1. The molecule has 3 unspecified atom stereocenters. The van der Waals surface area contributed by atoms with Crippen molar-refractivity contribution in [2.45, 2.75) is 87.4 Å². The minimum atomic E-state index is 0.0868. The summed E-state index contributed by atoms with van der Waals surface area (Å²) >= 11 is 4.43. The van der Waals surface area contributed by atoms with Gasteiger partial charge in [0.25, 0.3) is 0 Å². The van der Waals surface area contributed by atoms with Crippen LogP contribution in [0, 0.1) is 5.41 Å². The molecule has 3 atom stereocenters. The fraction of sp³-hybridized carbons (Fsp3) is 0.739. The topological polar surface area (TPSA) is 20.2 Å². The van der Waals surface area contributed by atoms with Crippen molar-refractivity contribution in [2.75, 3.05) is 12.4 Å². The van der Waals surface area contributed by atoms with Crippen LogP contribution in [0.15, 0.2) is 24.3 Å². The molecule has 0 amide bonds. The Labute approximate surface area is 169 Å². The summed E-state index contributed by atoms with van der Waals surface area (Å²) in [5, 5.41) is 11.7. The first kappa shape index (κ1) is 20.6. The van der Waals surface area contributed by atoms with Crippen LogP contribution in [0.3, 0.4) is 0 Å². The summed E-state index contributed by atoms with van der Waals surface area (Å²) in [5.41, 5.74) is 3.36. The van der Waals surface area contributed by atoms with Crippen LogP contribution in [0.2, 0.25) is 0 Å². The molecular weight excluding hydrogens is 356 g/mol. The van der Waals surface area contributed by atoms with E-state index in [0.717, 1.165) is 16.9 Å². The molecule has 0 saturated carbocycles. The molecule has 1 aromatic rings. The predicted octanol–water partition coefficient (Wildman–Crippen LogP) is 7.16. The maximum Gasteiger partial charge on any atom is 0.0482 e. The Morgan fingerprint density at radius 2 is 1.73 bits per heavy atom. The molecule has 0 bridgehead atoms. The maximum absolute atomic E-state index is 9.47. The second kappa shape index (κ2) is 9.89. The lowest BCUT2D eigenvalue weighted by Crippen LogP contribution is -2.18. The van der Waals surface area contributed by atoms with Gasteiger partial charge < -0.3 is 5.11 Å². The molecular formula is C23H36OS2. The molecule has 2 aliphatic rings. The van der Waals surface area contributed by atoms with Gasteiger partial charge in [0.05, 0.1) is 0 Å². The average molecular weight is 393 g/mol. The van der Waals surface area contributed by atoms with E-state index in [1.165, 1.54) is 57.1 Å². The molecule has 3 heteroatoms. The van der Waals surface area contributed by atoms with Crippen molar-refractivity contribution >= 4 is 23.5 Å². The Hall–Kier alpha value is -0.120. The lowest BCUT2D eigenvalue weighted by molar-refractivity contribution is 0.147. The van der Waals surface area contributed by atoms with Gasteiger partial charge in [0, 0.05) is 22.4 Å². The highest BCUT2D eigenvalue weighted by atomic mass is 32.2. The van der Waals surface area contributed by atoms with Crippen LogP contribution in [-0.4, -0.2) is 22.7 Å². The molecule has 1 aromatic carbocycles. The van der Waals surface area contributed by atoms with Gasteiger partial charge in [0.2, 0.25) is 0 Å². The van der Waals surface area contributed by atoms with Crippen LogP contribution in [0.1, 0.15) is 93.3 Å². The van der Waals surface area contributed by atoms with Crippen molar-refractivity contribution in [3.63, 3.8) is 0 Å². The van der Waals surface area contributed by atoms with E-state index in [4.69, 9.17) is 0 Å². The largest absolute Gasteiger partial charge is 0.396 e. The van der Waals surface area contributed by atoms with E-state index in [0.29, 0.717) is 11.9 Å². The third-order valence-electron chi connectivity index (χ3n) is 6.03. The van der Waals surface area contributed by atoms with Gasteiger partial charge in [-0.2, -0.15) is 23.5 Å². The third kappa shape index (κ3) is 5.69. The first-order valence-electron chi connectivity index (χ1n) is 10.6. The Morgan fingerprint density at radius 3 is 2.42 bits per heavy atom. The molecule has 26 heavy (non-hydrogen) atoms. The number of hydrogen-bond donors (Lipinski definition) is 1. The summed E-state index contributed by atoms with van der Waals surface area (Å²) in [4.78, 5) is 0. The Balaban J connectivity index is 1.61. The molecule has 2 fully saturated rings. The average Bonchev–Trinajstić information content (AvgIpc) is 2.69. The van der Waals surface area contributed by atoms with Gasteiger partial charge in [-0.25, -0.2) is 0 Å². The van der Waals surface area contributed by atoms with Crippen molar-refractivity contribution in [3.05, 3.63) is 35.4 Å². The molecule has 0 radical (unpaired) electrons. The van der Waals surface area contributed by atoms with E-state index in [-0.39, 0.29) is 5.41 Å². The van der Waals surface area contributed by atoms with E-state index in [1.54, 1.807) is 11.1 Å². The van der Waals surface area contributed by atoms with Gasteiger partial charge in [-0.1, -0.05) is 57.4 Å². The Bertz CT molecular complexity index is 551. The van der Waals surface area contributed by atoms with Crippen LogP contribution in [0.5, 0.6) is 0 Å². The number of rotatable bonds is 7. The highest BCUT2D eigenvalue weighted by molar-refractivity contribution is 8.00. The van der Waals surface area contributed by atoms with E-state index in [1.807, 2.05) is 0 Å². The molecule has 3 rings (SSSR count). The van der Waals surface area contributed by atoms with Gasteiger partial charge in [0.1, 0.15) is 0 Å². The molecule has 0 aliphatic carbocycles. The summed E-state index contributed by atoms with van der Waals surface area (Å²) in [6.45, 7) is 4.67. The first-order chi connectivity index (χ1) is 12.6. The number of hydrogen-bond acceptors (Lipinski definition) is 3. The summed E-state index contributed by atoms with van der Waals surface area (Å²) in [7, 11) is 0. The van der Waals surface area contributed by atoms with E-state index in [9.17, 15) is 5.11 Å². The summed E-state index contributed by atoms with van der Waals surface area (Å²) in [5.74, 6) is 1.33. The predicted molar refractivity (Wildman–Crippen MR) is 118 cm³/mol. The first-order valence-corrected chi connectivity index (χ1v) is 12.5. The highest BCUT2D eigenvalue weighted by Crippen LogP contribution is 2.49. The van der Waals surface area contributed by atoms with Crippen LogP contribution in [-0.2, 0) is 0 Å². The van der Waals surface area contributed by atoms with Crippen molar-refractivity contribution in [1.82, 2.24) is 0 Å². The zero-order chi connectivity index (χ0) is 18.4. The third-order valence-corrected chi connectivity index (χ3v) is 9.12. The lowest BCUT2D eigenvalue weighted by atomic mass is 9.87. The van der Waals surface area contributed by atoms with Crippen molar-refractivity contribution < 1.29 is 5.11 Å². The summed E-state index contributed by atoms with van der Waals surface area (Å²) < 4.78 is 0. The minimum Gasteiger partial charge on any atom is -0.396 e. The zero-order valence-corrected chi connectivity index (χ0v) is 18.2. The molecule has 2 aliphatic heterocycles. The van der Waals surface area contributed by atoms with E-state index >= 15 is 0 Å². The molecule has 1 N–H and O–H groups in total. The molecule has 0 spiro atoms. The quantitative estimate of drug-likeness (QED) is 0.531. The molecule has 2 saturated heterocycles. The van der Waals surface area contributed by atoms with Gasteiger partial charge in [0.15, 0.2) is 0 Å². The number of aliphatic hydroxyl groups excluding tert-OH is 1. The van der Waals surface area contributed by atoms with Crippen molar-refractivity contribution in [3.8, 4) is 0 Å². The summed E-state index contributed by atoms with van der Waals surface area (Å²) in [6, 6.07) is 9.32. The molecule has 0 aromatic heterocycles. The number of thioether (sulfide) groups is 2. The fourth-order valence-electron chi connectivity index (χ4n) is 4.31. The van der Waals surface area contributed by atoms with Crippen molar-refractivity contribution in [2.24, 2.45) is 5.41 Å². The van der Waals surface area contributed by atoms with E-state index < -0.39 is 0 Å². The second-order valence-electron chi connectivity index (χ2n) is 8.88. The smallest absolute Gasteiger partial charge is 0.0482 e. The maximum atomic E-state index is 9.47. The normalized spacial score (nSPS) is 27.4. The number of benzene rings is 1. The second-order valence-corrected chi connectivity index (χ2v) is 11.7. The van der Waals surface area contributed by atoms with Gasteiger partial charge in [-0.15, -0.1) is 0 Å². The zero-order valence-electron chi connectivity index (χ0n) is 16.6. The lowest BCUT2D eigenvalue weighted by Gasteiger charge is -2.33. The van der Waals surface area contributed by atoms with Gasteiger partial charge in [-0.3, -0.25) is 0 Å². The Morgan fingerprint density at radius 1 is 1.00 bits per heavy atom. The monoisotopic (exact) mass is 392 g/mol. The van der Waals surface area contributed by atoms with Crippen LogP contribution in [0.4, 0.5) is 0 Å². The minimum absolute atomic E-state index is 0.0868. The molecule has 2 heterocycles. The molecule has 146 valence electrons. The standard InChI is InChI=1S/C23H36OS2/c1-23(2,17-24)15-8-10-18-9-7-14-22(26-18)20-12-4-3-11-19(20)21-13-5-6-16-25-21/h3-4,11-12,18,21-22,24H,5-10,13-17H2,1-2H3. The molecule has 1 nitrogen and oxygen atoms in total. The number of aliphatic hydroxyl groups is 1. The summed E-state index contributed by atoms with van der Waals surface area (Å²) in [6.07, 6.45) is 11.9. The van der Waals surface area contributed by atoms with Gasteiger partial charge >= 0.3 is 0 Å².